The van der Waals surface area contributed by atoms with Crippen LogP contribution < -0.4 is 9.47 Å². The van der Waals surface area contributed by atoms with E-state index in [2.05, 4.69) is 5.10 Å². The van der Waals surface area contributed by atoms with Crippen LogP contribution >= 0.6 is 23.2 Å². The number of aromatic nitrogens is 2. The van der Waals surface area contributed by atoms with E-state index < -0.39 is 12.6 Å². The summed E-state index contributed by atoms with van der Waals surface area (Å²) in [5.74, 6) is -0.211. The molecule has 0 atom stereocenters. The number of carboxylic acids is 1. The van der Waals surface area contributed by atoms with Crippen LogP contribution in [0.3, 0.4) is 0 Å². The van der Waals surface area contributed by atoms with Crippen LogP contribution in [0.1, 0.15) is 5.69 Å². The summed E-state index contributed by atoms with van der Waals surface area (Å²) in [5.41, 5.74) is 1.51. The van der Waals surface area contributed by atoms with Gasteiger partial charge in [-0.3, -0.25) is 4.68 Å². The lowest BCUT2D eigenvalue weighted by Gasteiger charge is -2.11. The fourth-order valence-electron chi connectivity index (χ4n) is 2.50. The van der Waals surface area contributed by atoms with Crippen molar-refractivity contribution in [2.24, 2.45) is 7.05 Å². The predicted octanol–water partition coefficient (Wildman–Crippen LogP) is 4.66. The molecule has 2 N–H and O–H groups in total. The first-order valence-electron chi connectivity index (χ1n) is 8.10. The maximum atomic E-state index is 10.6. The molecule has 0 saturated carbocycles. The van der Waals surface area contributed by atoms with Gasteiger partial charge < -0.3 is 19.7 Å². The average molecular weight is 423 g/mol. The Bertz CT molecular complexity index is 1050. The number of nitrogens with zero attached hydrogens (tertiary/aromatic N) is 2. The number of rotatable bonds is 6. The molecular weight excluding hydrogens is 407 g/mol. The third kappa shape index (κ3) is 4.16. The molecule has 1 heterocycles. The maximum Gasteiger partial charge on any atom is 0.341 e. The topological polar surface area (TPSA) is 93.8 Å². The second-order valence-corrected chi connectivity index (χ2v) is 6.77. The Hall–Kier alpha value is -2.90. The van der Waals surface area contributed by atoms with E-state index in [1.54, 1.807) is 42.1 Å². The number of aryl methyl sites for hydroxylation is 1. The Labute approximate surface area is 170 Å². The Morgan fingerprint density at radius 1 is 1.21 bits per heavy atom. The minimum Gasteiger partial charge on any atom is -0.507 e. The summed E-state index contributed by atoms with van der Waals surface area (Å²) in [5, 5.41) is 24.3. The summed E-state index contributed by atoms with van der Waals surface area (Å²) >= 11 is 12.1. The van der Waals surface area contributed by atoms with Crippen LogP contribution in [0.4, 0.5) is 0 Å². The molecule has 0 aliphatic carbocycles. The van der Waals surface area contributed by atoms with Crippen molar-refractivity contribution in [2.45, 2.75) is 6.92 Å². The molecular formula is C19H16Cl2N2O5. The molecule has 0 unspecified atom stereocenters. The lowest BCUT2D eigenvalue weighted by molar-refractivity contribution is -0.139. The molecule has 0 radical (unpaired) electrons. The van der Waals surface area contributed by atoms with E-state index in [1.807, 2.05) is 6.92 Å². The van der Waals surface area contributed by atoms with E-state index >= 15 is 0 Å². The molecule has 0 saturated heterocycles. The fraction of sp³-hybridized carbons (Fsp3) is 0.158. The van der Waals surface area contributed by atoms with Crippen molar-refractivity contribution in [1.29, 1.82) is 0 Å². The van der Waals surface area contributed by atoms with Crippen molar-refractivity contribution in [3.8, 4) is 34.3 Å². The van der Waals surface area contributed by atoms with Gasteiger partial charge in [-0.1, -0.05) is 23.2 Å². The summed E-state index contributed by atoms with van der Waals surface area (Å²) in [6.07, 6.45) is 0. The lowest BCUT2D eigenvalue weighted by Crippen LogP contribution is -2.09. The highest BCUT2D eigenvalue weighted by Crippen LogP contribution is 2.42. The largest absolute Gasteiger partial charge is 0.507 e. The number of hydrogen-bond acceptors (Lipinski definition) is 5. The molecule has 0 bridgehead atoms. The molecule has 3 rings (SSSR count). The number of phenolic OH excluding ortho intramolecular Hbond substituents is 1. The third-order valence-corrected chi connectivity index (χ3v) is 4.50. The van der Waals surface area contributed by atoms with Gasteiger partial charge in [0.05, 0.1) is 10.7 Å². The van der Waals surface area contributed by atoms with Gasteiger partial charge in [-0.25, -0.2) is 4.79 Å². The highest BCUT2D eigenvalue weighted by molar-refractivity contribution is 6.35. The van der Waals surface area contributed by atoms with Gasteiger partial charge in [-0.05, 0) is 37.3 Å². The molecule has 146 valence electrons. The van der Waals surface area contributed by atoms with Crippen LogP contribution in [0, 0.1) is 6.92 Å². The smallest absolute Gasteiger partial charge is 0.341 e. The molecule has 9 heteroatoms. The zero-order valence-electron chi connectivity index (χ0n) is 14.9. The SMILES string of the molecule is Cc1c(Oc2ccc(Cl)cc2Cl)c(-c2ccc(OCC(=O)O)cc2O)nn1C. The van der Waals surface area contributed by atoms with Gasteiger partial charge in [0, 0.05) is 23.7 Å². The van der Waals surface area contributed by atoms with E-state index in [1.165, 1.54) is 6.07 Å². The second kappa shape index (κ2) is 8.00. The number of benzene rings is 2. The number of hydrogen-bond donors (Lipinski definition) is 2. The number of carboxylic acid groups (broad SMARTS) is 1. The van der Waals surface area contributed by atoms with Crippen LogP contribution in [0.2, 0.25) is 10.0 Å². The van der Waals surface area contributed by atoms with Gasteiger partial charge >= 0.3 is 5.97 Å². The van der Waals surface area contributed by atoms with Crippen molar-refractivity contribution in [3.63, 3.8) is 0 Å². The molecule has 0 aliphatic heterocycles. The molecule has 0 aliphatic rings. The summed E-state index contributed by atoms with van der Waals surface area (Å²) in [6.45, 7) is 1.31. The first-order valence-corrected chi connectivity index (χ1v) is 8.86. The van der Waals surface area contributed by atoms with Crippen molar-refractivity contribution in [3.05, 3.63) is 52.1 Å². The zero-order chi connectivity index (χ0) is 20.4. The van der Waals surface area contributed by atoms with E-state index in [9.17, 15) is 9.90 Å². The summed E-state index contributed by atoms with van der Waals surface area (Å²) in [7, 11) is 1.75. The zero-order valence-corrected chi connectivity index (χ0v) is 16.5. The van der Waals surface area contributed by atoms with E-state index in [-0.39, 0.29) is 11.5 Å². The Kier molecular flexibility index (Phi) is 5.67. The van der Waals surface area contributed by atoms with Gasteiger partial charge in [-0.2, -0.15) is 5.10 Å². The van der Waals surface area contributed by atoms with Crippen molar-refractivity contribution >= 4 is 29.2 Å². The van der Waals surface area contributed by atoms with Gasteiger partial charge in [-0.15, -0.1) is 0 Å². The number of phenols is 1. The van der Waals surface area contributed by atoms with Crippen LogP contribution in [-0.4, -0.2) is 32.6 Å². The summed E-state index contributed by atoms with van der Waals surface area (Å²) in [6, 6.07) is 9.30. The summed E-state index contributed by atoms with van der Waals surface area (Å²) in [4.78, 5) is 10.6. The van der Waals surface area contributed by atoms with Crippen LogP contribution in [0.5, 0.6) is 23.0 Å². The minimum atomic E-state index is -1.11. The molecule has 28 heavy (non-hydrogen) atoms. The van der Waals surface area contributed by atoms with Crippen molar-refractivity contribution in [1.82, 2.24) is 9.78 Å². The molecule has 1 aromatic heterocycles. The minimum absolute atomic E-state index is 0.131. The number of ether oxygens (including phenoxy) is 2. The van der Waals surface area contributed by atoms with Gasteiger partial charge in [0.2, 0.25) is 0 Å². The highest BCUT2D eigenvalue weighted by atomic mass is 35.5. The summed E-state index contributed by atoms with van der Waals surface area (Å²) < 4.78 is 12.7. The molecule has 3 aromatic rings. The Morgan fingerprint density at radius 3 is 2.61 bits per heavy atom. The maximum absolute atomic E-state index is 10.6. The standard InChI is InChI=1S/C19H16Cl2N2O5/c1-10-19(28-16-6-3-11(20)7-14(16)21)18(22-23(10)2)13-5-4-12(8-15(13)24)27-9-17(25)26/h3-8,24H,9H2,1-2H3,(H,25,26). The highest BCUT2D eigenvalue weighted by Gasteiger charge is 2.21. The third-order valence-electron chi connectivity index (χ3n) is 3.97. The first kappa shape index (κ1) is 19.9. The molecule has 7 nitrogen and oxygen atoms in total. The second-order valence-electron chi connectivity index (χ2n) is 5.92. The fourth-order valence-corrected chi connectivity index (χ4v) is 2.95. The first-order chi connectivity index (χ1) is 13.3. The Morgan fingerprint density at radius 2 is 1.96 bits per heavy atom. The quantitative estimate of drug-likeness (QED) is 0.599. The van der Waals surface area contributed by atoms with E-state index in [0.717, 1.165) is 0 Å². The molecule has 2 aromatic carbocycles. The van der Waals surface area contributed by atoms with Gasteiger partial charge in [0.1, 0.15) is 22.9 Å². The number of carbonyl (C=O) groups is 1. The predicted molar refractivity (Wildman–Crippen MR) is 105 cm³/mol. The average Bonchev–Trinajstić information content (AvgIpc) is 2.90. The van der Waals surface area contributed by atoms with Gasteiger partial charge in [0.15, 0.2) is 12.4 Å². The van der Waals surface area contributed by atoms with Crippen LogP contribution in [0.15, 0.2) is 36.4 Å². The van der Waals surface area contributed by atoms with Crippen molar-refractivity contribution in [2.75, 3.05) is 6.61 Å². The van der Waals surface area contributed by atoms with E-state index in [4.69, 9.17) is 37.8 Å². The van der Waals surface area contributed by atoms with Gasteiger partial charge in [0.25, 0.3) is 0 Å². The van der Waals surface area contributed by atoms with Crippen LogP contribution in [0.25, 0.3) is 11.3 Å². The molecule has 0 fully saturated rings. The molecule has 0 spiro atoms. The van der Waals surface area contributed by atoms with E-state index in [0.29, 0.717) is 38.5 Å². The molecule has 0 amide bonds. The number of aliphatic carboxylic acids is 1. The number of aromatic hydroxyl groups is 1. The van der Waals surface area contributed by atoms with Crippen molar-refractivity contribution < 1.29 is 24.5 Å². The normalized spacial score (nSPS) is 10.7. The monoisotopic (exact) mass is 422 g/mol. The van der Waals surface area contributed by atoms with Crippen LogP contribution in [-0.2, 0) is 11.8 Å². The Balaban J connectivity index is 1.99. The number of halogens is 2. The lowest BCUT2D eigenvalue weighted by atomic mass is 10.1.